The fourth-order valence-electron chi connectivity index (χ4n) is 5.42. The fourth-order valence-corrected chi connectivity index (χ4v) is 7.68. The largest absolute Gasteiger partial charge is 0.355 e. The van der Waals surface area contributed by atoms with Crippen molar-refractivity contribution in [2.45, 2.75) is 43.7 Å². The molecule has 1 heterocycles. The Balaban J connectivity index is 1.41. The molecule has 0 saturated heterocycles. The number of hydrogen-bond donors (Lipinski definition) is 1. The van der Waals surface area contributed by atoms with Gasteiger partial charge < -0.3 is 10.2 Å². The van der Waals surface area contributed by atoms with Crippen LogP contribution in [0.1, 0.15) is 30.9 Å². The Hall–Kier alpha value is -3.59. The van der Waals surface area contributed by atoms with Crippen molar-refractivity contribution >= 4 is 61.5 Å². The number of anilines is 1. The van der Waals surface area contributed by atoms with Crippen LogP contribution in [0.5, 0.6) is 0 Å². The molecule has 218 valence electrons. The van der Waals surface area contributed by atoms with Crippen molar-refractivity contribution in [3.05, 3.63) is 106 Å². The highest BCUT2D eigenvalue weighted by atomic mass is 35.5. The van der Waals surface area contributed by atoms with Crippen molar-refractivity contribution in [1.29, 1.82) is 0 Å². The van der Waals surface area contributed by atoms with Crippen LogP contribution in [-0.2, 0) is 32.6 Å². The number of sulfonamides is 1. The predicted molar refractivity (Wildman–Crippen MR) is 167 cm³/mol. The summed E-state index contributed by atoms with van der Waals surface area (Å²) in [5.74, 6) is -0.590. The molecule has 10 heteroatoms. The number of carbonyl (C=O) groups excluding carboxylic acids is 2. The second kappa shape index (κ2) is 12.7. The Labute approximate surface area is 256 Å². The minimum absolute atomic E-state index is 0.0190. The lowest BCUT2D eigenvalue weighted by Gasteiger charge is -2.32. The summed E-state index contributed by atoms with van der Waals surface area (Å²) >= 11 is 13.0. The van der Waals surface area contributed by atoms with Gasteiger partial charge >= 0.3 is 0 Å². The number of hydrogen-bond acceptors (Lipinski definition) is 4. The first-order valence-corrected chi connectivity index (χ1v) is 16.0. The van der Waals surface area contributed by atoms with E-state index in [1.807, 2.05) is 55.5 Å². The number of carbonyl (C=O) groups is 2. The molecular weight excluding hydrogens is 593 g/mol. The first-order chi connectivity index (χ1) is 20.2. The maximum atomic E-state index is 13.9. The van der Waals surface area contributed by atoms with Gasteiger partial charge in [-0.25, -0.2) is 8.42 Å². The Morgan fingerprint density at radius 1 is 0.905 bits per heavy atom. The van der Waals surface area contributed by atoms with Crippen molar-refractivity contribution in [2.24, 2.45) is 0 Å². The molecule has 0 fully saturated rings. The lowest BCUT2D eigenvalue weighted by Crippen LogP contribution is -2.50. The summed E-state index contributed by atoms with van der Waals surface area (Å²) < 4.78 is 28.2. The molecule has 7 nitrogen and oxygen atoms in total. The van der Waals surface area contributed by atoms with E-state index in [4.69, 9.17) is 23.2 Å². The third-order valence-corrected chi connectivity index (χ3v) is 10.0. The van der Waals surface area contributed by atoms with Crippen LogP contribution in [0, 0.1) is 0 Å². The van der Waals surface area contributed by atoms with Crippen LogP contribution < -0.4 is 9.62 Å². The number of halogens is 2. The van der Waals surface area contributed by atoms with E-state index in [-0.39, 0.29) is 49.1 Å². The van der Waals surface area contributed by atoms with Crippen molar-refractivity contribution in [2.75, 3.05) is 17.4 Å². The second-order valence-electron chi connectivity index (χ2n) is 10.1. The minimum Gasteiger partial charge on any atom is -0.355 e. The third kappa shape index (κ3) is 5.98. The Bertz CT molecular complexity index is 1710. The Kier molecular flexibility index (Phi) is 9.06. The summed E-state index contributed by atoms with van der Waals surface area (Å²) in [7, 11) is -3.74. The zero-order chi connectivity index (χ0) is 29.9. The van der Waals surface area contributed by atoms with E-state index in [1.165, 1.54) is 9.21 Å². The first-order valence-electron chi connectivity index (χ1n) is 13.8. The molecule has 4 aromatic carbocycles. The standard InChI is InChI=1S/C32H31Cl2N3O4S/c1-2-35-32(39)28(20-22-10-4-3-5-11-22)36(21-24-25(33)14-8-15-26(24)34)30(38)18-9-19-37-27-16-6-12-23-13-7-17-29(31(23)27)42(37,40)41/h3-8,10-17,28H,2,9,18-21H2,1H3,(H,35,39). The zero-order valence-electron chi connectivity index (χ0n) is 23.1. The van der Waals surface area contributed by atoms with Crippen molar-refractivity contribution in [3.8, 4) is 0 Å². The Morgan fingerprint density at radius 2 is 1.57 bits per heavy atom. The Morgan fingerprint density at radius 3 is 2.26 bits per heavy atom. The van der Waals surface area contributed by atoms with Gasteiger partial charge in [0, 0.05) is 53.5 Å². The maximum Gasteiger partial charge on any atom is 0.265 e. The lowest BCUT2D eigenvalue weighted by atomic mass is 10.0. The van der Waals surface area contributed by atoms with E-state index in [0.717, 1.165) is 10.9 Å². The van der Waals surface area contributed by atoms with Crippen LogP contribution in [0.2, 0.25) is 10.0 Å². The van der Waals surface area contributed by atoms with Gasteiger partial charge in [-0.2, -0.15) is 0 Å². The van der Waals surface area contributed by atoms with Gasteiger partial charge in [-0.15, -0.1) is 0 Å². The van der Waals surface area contributed by atoms with Crippen LogP contribution in [0.25, 0.3) is 10.8 Å². The molecule has 42 heavy (non-hydrogen) atoms. The average Bonchev–Trinajstić information content (AvgIpc) is 3.20. The van der Waals surface area contributed by atoms with Gasteiger partial charge in [0.15, 0.2) is 0 Å². The first kappa shape index (κ1) is 29.9. The number of benzene rings is 4. The van der Waals surface area contributed by atoms with Crippen molar-refractivity contribution in [3.63, 3.8) is 0 Å². The van der Waals surface area contributed by atoms with E-state index in [9.17, 15) is 18.0 Å². The lowest BCUT2D eigenvalue weighted by molar-refractivity contribution is -0.141. The second-order valence-corrected chi connectivity index (χ2v) is 12.8. The monoisotopic (exact) mass is 623 g/mol. The highest BCUT2D eigenvalue weighted by molar-refractivity contribution is 7.93. The molecule has 1 unspecified atom stereocenters. The van der Waals surface area contributed by atoms with Crippen LogP contribution in [-0.4, -0.2) is 44.3 Å². The molecule has 4 aromatic rings. The van der Waals surface area contributed by atoms with Gasteiger partial charge in [-0.05, 0) is 48.6 Å². The summed E-state index contributed by atoms with van der Waals surface area (Å²) in [6, 6.07) is 24.5. The van der Waals surface area contributed by atoms with E-state index in [0.29, 0.717) is 33.2 Å². The molecule has 0 aliphatic carbocycles. The third-order valence-electron chi connectivity index (χ3n) is 7.45. The predicted octanol–water partition coefficient (Wildman–Crippen LogP) is 6.21. The number of nitrogens with one attached hydrogen (secondary N) is 1. The normalized spacial score (nSPS) is 14.1. The maximum absolute atomic E-state index is 13.9. The zero-order valence-corrected chi connectivity index (χ0v) is 25.4. The summed E-state index contributed by atoms with van der Waals surface area (Å²) in [5, 5.41) is 5.19. The quantitative estimate of drug-likeness (QED) is 0.215. The molecule has 5 rings (SSSR count). The number of likely N-dealkylation sites (N-methyl/N-ethyl adjacent to an activating group) is 1. The van der Waals surface area contributed by atoms with Gasteiger partial charge in [-0.1, -0.05) is 83.9 Å². The van der Waals surface area contributed by atoms with Crippen LogP contribution in [0.15, 0.2) is 89.8 Å². The molecule has 0 radical (unpaired) electrons. The van der Waals surface area contributed by atoms with E-state index in [2.05, 4.69) is 5.32 Å². The van der Waals surface area contributed by atoms with E-state index in [1.54, 1.807) is 36.4 Å². The van der Waals surface area contributed by atoms with E-state index >= 15 is 0 Å². The molecule has 1 atom stereocenters. The van der Waals surface area contributed by atoms with Crippen LogP contribution in [0.4, 0.5) is 5.69 Å². The topological polar surface area (TPSA) is 86.8 Å². The van der Waals surface area contributed by atoms with Gasteiger partial charge in [0.05, 0.1) is 10.6 Å². The average molecular weight is 625 g/mol. The van der Waals surface area contributed by atoms with Gasteiger partial charge in [0.1, 0.15) is 6.04 Å². The minimum atomic E-state index is -3.74. The molecule has 1 aliphatic heterocycles. The molecule has 2 amide bonds. The molecule has 0 saturated carbocycles. The highest BCUT2D eigenvalue weighted by Crippen LogP contribution is 2.42. The molecule has 0 spiro atoms. The molecular formula is C32H31Cl2N3O4S. The fraction of sp³-hybridized carbons (Fsp3) is 0.250. The SMILES string of the molecule is CCNC(=O)C(Cc1ccccc1)N(Cc1c(Cl)cccc1Cl)C(=O)CCCN1c2cccc3cccc(c23)S1(=O)=O. The number of amides is 2. The van der Waals surface area contributed by atoms with Gasteiger partial charge in [-0.3, -0.25) is 13.9 Å². The summed E-state index contributed by atoms with van der Waals surface area (Å²) in [5.41, 5.74) is 2.05. The molecule has 0 aromatic heterocycles. The van der Waals surface area contributed by atoms with Gasteiger partial charge in [0.2, 0.25) is 11.8 Å². The molecule has 1 N–H and O–H groups in total. The summed E-state index contributed by atoms with van der Waals surface area (Å²) in [6.07, 6.45) is 0.562. The van der Waals surface area contributed by atoms with Crippen LogP contribution in [0.3, 0.4) is 0 Å². The highest BCUT2D eigenvalue weighted by Gasteiger charge is 2.36. The summed E-state index contributed by atoms with van der Waals surface area (Å²) in [6.45, 7) is 2.37. The number of rotatable bonds is 11. The molecule has 1 aliphatic rings. The summed E-state index contributed by atoms with van der Waals surface area (Å²) in [4.78, 5) is 29.1. The van der Waals surface area contributed by atoms with Crippen molar-refractivity contribution < 1.29 is 18.0 Å². The van der Waals surface area contributed by atoms with Crippen molar-refractivity contribution in [1.82, 2.24) is 10.2 Å². The molecule has 0 bridgehead atoms. The van der Waals surface area contributed by atoms with Gasteiger partial charge in [0.25, 0.3) is 10.0 Å². The number of nitrogens with zero attached hydrogens (tertiary/aromatic N) is 2. The van der Waals surface area contributed by atoms with E-state index < -0.39 is 16.1 Å². The van der Waals surface area contributed by atoms with Crippen LogP contribution >= 0.6 is 23.2 Å². The smallest absolute Gasteiger partial charge is 0.265 e.